The summed E-state index contributed by atoms with van der Waals surface area (Å²) in [5, 5.41) is 8.25. The lowest BCUT2D eigenvalue weighted by Crippen LogP contribution is -2.46. The molecule has 1 N–H and O–H groups in total. The van der Waals surface area contributed by atoms with Crippen LogP contribution < -0.4 is 5.32 Å². The molecule has 0 amide bonds. The molecule has 172 valence electrons. The fraction of sp³-hybridized carbons (Fsp3) is 0.320. The summed E-state index contributed by atoms with van der Waals surface area (Å²) < 4.78 is 24.7. The summed E-state index contributed by atoms with van der Waals surface area (Å²) in [5.74, 6) is 0.494. The van der Waals surface area contributed by atoms with Crippen LogP contribution in [-0.2, 0) is 4.74 Å². The lowest BCUT2D eigenvalue weighted by Gasteiger charge is -2.37. The maximum Gasteiger partial charge on any atom is 0.258 e. The van der Waals surface area contributed by atoms with Gasteiger partial charge in [-0.3, -0.25) is 0 Å². The standard InChI is InChI=1S/C25H27FN4O2S/c1-16(2)31-15-7-14-30-17(3)21(22(27-25(30)33)18-8-5-4-6-9-18)24-28-23(29-32-24)19-10-12-20(26)13-11-19/h4-6,8-13,16,22H,7,14-15H2,1-3H3,(H,27,33). The summed E-state index contributed by atoms with van der Waals surface area (Å²) in [7, 11) is 0. The number of thiocarbonyl (C=S) groups is 1. The Bertz CT molecular complexity index is 1130. The van der Waals surface area contributed by atoms with Crippen molar-refractivity contribution in [3.05, 3.63) is 77.6 Å². The molecule has 8 heteroatoms. The second kappa shape index (κ2) is 10.2. The van der Waals surface area contributed by atoms with E-state index >= 15 is 0 Å². The van der Waals surface area contributed by atoms with Crippen LogP contribution in [0.25, 0.3) is 17.0 Å². The first-order valence-electron chi connectivity index (χ1n) is 11.0. The number of benzene rings is 2. The van der Waals surface area contributed by atoms with Crippen molar-refractivity contribution >= 4 is 22.9 Å². The number of nitrogens with zero attached hydrogens (tertiary/aromatic N) is 3. The molecule has 1 atom stereocenters. The van der Waals surface area contributed by atoms with Gasteiger partial charge in [-0.05, 0) is 69.2 Å². The van der Waals surface area contributed by atoms with Gasteiger partial charge in [-0.1, -0.05) is 35.5 Å². The van der Waals surface area contributed by atoms with Gasteiger partial charge in [0, 0.05) is 24.4 Å². The zero-order chi connectivity index (χ0) is 23.4. The number of allylic oxidation sites excluding steroid dienone is 1. The molecule has 33 heavy (non-hydrogen) atoms. The first kappa shape index (κ1) is 23.1. The minimum Gasteiger partial charge on any atom is -0.379 e. The molecule has 0 bridgehead atoms. The third-order valence-corrected chi connectivity index (χ3v) is 5.80. The molecule has 6 nitrogen and oxygen atoms in total. The Hall–Kier alpha value is -3.10. The Labute approximate surface area is 198 Å². The van der Waals surface area contributed by atoms with Crippen LogP contribution in [0.3, 0.4) is 0 Å². The summed E-state index contributed by atoms with van der Waals surface area (Å²) in [5.41, 5.74) is 3.54. The molecule has 2 heterocycles. The highest BCUT2D eigenvalue weighted by Gasteiger charge is 2.33. The van der Waals surface area contributed by atoms with E-state index in [1.165, 1.54) is 12.1 Å². The van der Waals surface area contributed by atoms with Gasteiger partial charge < -0.3 is 19.5 Å². The predicted molar refractivity (Wildman–Crippen MR) is 130 cm³/mol. The SMILES string of the molecule is CC1=C(c2nc(-c3ccc(F)cc3)no2)C(c2ccccc2)NC(=S)N1CCCOC(C)C. The molecule has 1 unspecified atom stereocenters. The van der Waals surface area contributed by atoms with Crippen LogP contribution >= 0.6 is 12.2 Å². The molecule has 2 aromatic carbocycles. The summed E-state index contributed by atoms with van der Waals surface area (Å²) in [6.07, 6.45) is 1.01. The quantitative estimate of drug-likeness (QED) is 0.354. The highest BCUT2D eigenvalue weighted by molar-refractivity contribution is 7.80. The molecule has 0 spiro atoms. The van der Waals surface area contributed by atoms with Gasteiger partial charge in [-0.15, -0.1) is 0 Å². The summed E-state index contributed by atoms with van der Waals surface area (Å²) in [6.45, 7) is 7.42. The normalized spacial score (nSPS) is 16.5. The molecule has 1 aliphatic rings. The van der Waals surface area contributed by atoms with E-state index in [0.717, 1.165) is 23.3 Å². The minimum atomic E-state index is -0.313. The molecule has 0 fully saturated rings. The molecule has 0 saturated heterocycles. The average Bonchev–Trinajstić information content (AvgIpc) is 3.28. The van der Waals surface area contributed by atoms with E-state index in [2.05, 4.69) is 20.4 Å². The predicted octanol–water partition coefficient (Wildman–Crippen LogP) is 5.35. The van der Waals surface area contributed by atoms with Gasteiger partial charge >= 0.3 is 0 Å². The number of aromatic nitrogens is 2. The third kappa shape index (κ3) is 5.29. The van der Waals surface area contributed by atoms with Gasteiger partial charge in [-0.2, -0.15) is 4.98 Å². The monoisotopic (exact) mass is 466 g/mol. The van der Waals surface area contributed by atoms with Gasteiger partial charge in [0.25, 0.3) is 5.89 Å². The van der Waals surface area contributed by atoms with Crippen LogP contribution in [0.4, 0.5) is 4.39 Å². The summed E-state index contributed by atoms with van der Waals surface area (Å²) >= 11 is 5.72. The number of halogens is 1. The zero-order valence-corrected chi connectivity index (χ0v) is 19.7. The second-order valence-electron chi connectivity index (χ2n) is 8.15. The lowest BCUT2D eigenvalue weighted by molar-refractivity contribution is 0.0749. The van der Waals surface area contributed by atoms with Crippen LogP contribution in [0.1, 0.15) is 44.7 Å². The van der Waals surface area contributed by atoms with Crippen molar-refractivity contribution in [1.29, 1.82) is 0 Å². The molecule has 0 radical (unpaired) electrons. The van der Waals surface area contributed by atoms with Crippen molar-refractivity contribution in [3.63, 3.8) is 0 Å². The fourth-order valence-corrected chi connectivity index (χ4v) is 4.16. The van der Waals surface area contributed by atoms with E-state index in [-0.39, 0.29) is 18.0 Å². The second-order valence-corrected chi connectivity index (χ2v) is 8.53. The Morgan fingerprint density at radius 3 is 2.58 bits per heavy atom. The Morgan fingerprint density at radius 1 is 1.15 bits per heavy atom. The molecular weight excluding hydrogens is 439 g/mol. The smallest absolute Gasteiger partial charge is 0.258 e. The maximum absolute atomic E-state index is 13.3. The molecular formula is C25H27FN4O2S. The molecule has 1 aromatic heterocycles. The topological polar surface area (TPSA) is 63.4 Å². The maximum atomic E-state index is 13.3. The first-order valence-corrected chi connectivity index (χ1v) is 11.4. The Balaban J connectivity index is 1.69. The van der Waals surface area contributed by atoms with Crippen molar-refractivity contribution in [1.82, 2.24) is 20.4 Å². The number of ether oxygens (including phenoxy) is 1. The van der Waals surface area contributed by atoms with E-state index in [0.29, 0.717) is 35.5 Å². The van der Waals surface area contributed by atoms with Gasteiger partial charge in [-0.25, -0.2) is 4.39 Å². The van der Waals surface area contributed by atoms with E-state index in [1.807, 2.05) is 51.1 Å². The van der Waals surface area contributed by atoms with Gasteiger partial charge in [0.15, 0.2) is 5.11 Å². The molecule has 3 aromatic rings. The largest absolute Gasteiger partial charge is 0.379 e. The Morgan fingerprint density at radius 2 is 1.88 bits per heavy atom. The number of hydrogen-bond donors (Lipinski definition) is 1. The van der Waals surface area contributed by atoms with E-state index in [4.69, 9.17) is 21.5 Å². The highest BCUT2D eigenvalue weighted by atomic mass is 32.1. The highest BCUT2D eigenvalue weighted by Crippen LogP contribution is 2.37. The van der Waals surface area contributed by atoms with Crippen molar-refractivity contribution in [3.8, 4) is 11.4 Å². The summed E-state index contributed by atoms with van der Waals surface area (Å²) in [6, 6.07) is 15.8. The van der Waals surface area contributed by atoms with Crippen LogP contribution in [0.2, 0.25) is 0 Å². The molecule has 1 aliphatic heterocycles. The van der Waals surface area contributed by atoms with E-state index in [1.54, 1.807) is 12.1 Å². The molecule has 0 aliphatic carbocycles. The third-order valence-electron chi connectivity index (χ3n) is 5.47. The zero-order valence-electron chi connectivity index (χ0n) is 18.9. The van der Waals surface area contributed by atoms with Crippen molar-refractivity contribution in [2.24, 2.45) is 0 Å². The van der Waals surface area contributed by atoms with Crippen LogP contribution in [-0.4, -0.2) is 39.4 Å². The van der Waals surface area contributed by atoms with E-state index in [9.17, 15) is 4.39 Å². The molecule has 4 rings (SSSR count). The Kier molecular flexibility index (Phi) is 7.15. The first-order chi connectivity index (χ1) is 15.9. The van der Waals surface area contributed by atoms with Crippen molar-refractivity contribution in [2.75, 3.05) is 13.2 Å². The van der Waals surface area contributed by atoms with Gasteiger partial charge in [0.1, 0.15) is 5.82 Å². The van der Waals surface area contributed by atoms with Crippen LogP contribution in [0, 0.1) is 5.82 Å². The lowest BCUT2D eigenvalue weighted by atomic mass is 9.95. The van der Waals surface area contributed by atoms with Crippen LogP contribution in [0.15, 0.2) is 64.8 Å². The average molecular weight is 467 g/mol. The van der Waals surface area contributed by atoms with Gasteiger partial charge in [0.2, 0.25) is 5.82 Å². The number of rotatable bonds is 8. The summed E-state index contributed by atoms with van der Waals surface area (Å²) in [4.78, 5) is 6.70. The van der Waals surface area contributed by atoms with E-state index < -0.39 is 0 Å². The van der Waals surface area contributed by atoms with Crippen LogP contribution in [0.5, 0.6) is 0 Å². The van der Waals surface area contributed by atoms with Crippen molar-refractivity contribution in [2.45, 2.75) is 39.3 Å². The molecule has 0 saturated carbocycles. The van der Waals surface area contributed by atoms with Gasteiger partial charge in [0.05, 0.1) is 17.7 Å². The van der Waals surface area contributed by atoms with Crippen molar-refractivity contribution < 1.29 is 13.7 Å². The number of hydrogen-bond acceptors (Lipinski definition) is 5. The minimum absolute atomic E-state index is 0.189. The number of nitrogens with one attached hydrogen (secondary N) is 1. The fourth-order valence-electron chi connectivity index (χ4n) is 3.81.